The van der Waals surface area contributed by atoms with Crippen molar-refractivity contribution in [2.24, 2.45) is 5.10 Å². The minimum Gasteiger partial charge on any atom is -0.378 e. The molecule has 186 valence electrons. The highest BCUT2D eigenvalue weighted by Crippen LogP contribution is 2.27. The summed E-state index contributed by atoms with van der Waals surface area (Å²) in [5, 5.41) is 9.38. The summed E-state index contributed by atoms with van der Waals surface area (Å²) in [6.07, 6.45) is 1.81. The second-order valence-electron chi connectivity index (χ2n) is 8.90. The maximum absolute atomic E-state index is 5.58. The Morgan fingerprint density at radius 1 is 1.03 bits per heavy atom. The van der Waals surface area contributed by atoms with Crippen LogP contribution in [0.3, 0.4) is 0 Å². The number of morpholine rings is 1. The molecule has 0 saturated carbocycles. The van der Waals surface area contributed by atoms with Crippen LogP contribution in [0.4, 0.5) is 17.3 Å². The Hall–Kier alpha value is -3.91. The maximum atomic E-state index is 5.58. The van der Waals surface area contributed by atoms with Gasteiger partial charge in [0.25, 0.3) is 0 Å². The van der Waals surface area contributed by atoms with Crippen LogP contribution < -0.4 is 15.2 Å². The molecule has 1 aliphatic rings. The lowest BCUT2D eigenvalue weighted by molar-refractivity contribution is 0.122. The summed E-state index contributed by atoms with van der Waals surface area (Å²) in [5.41, 5.74) is 9.31. The highest BCUT2D eigenvalue weighted by Gasteiger charge is 2.18. The molecule has 1 fully saturated rings. The average Bonchev–Trinajstić information content (AvgIpc) is 3.34. The second-order valence-corrected chi connectivity index (χ2v) is 8.90. The van der Waals surface area contributed by atoms with E-state index in [-0.39, 0.29) is 0 Å². The molecule has 8 heteroatoms. The second kappa shape index (κ2) is 10.8. The molecule has 1 N–H and O–H groups in total. The Morgan fingerprint density at radius 3 is 2.53 bits per heavy atom. The van der Waals surface area contributed by atoms with Gasteiger partial charge in [-0.3, -0.25) is 5.43 Å². The number of aromatic nitrogens is 3. The molecular formula is C28H33N7O. The topological polar surface area (TPSA) is 70.3 Å². The number of aryl methyl sites for hydroxylation is 1. The number of anilines is 3. The van der Waals surface area contributed by atoms with Crippen molar-refractivity contribution in [2.45, 2.75) is 20.8 Å². The molecule has 36 heavy (non-hydrogen) atoms. The zero-order valence-corrected chi connectivity index (χ0v) is 21.2. The number of nitrogens with one attached hydrogen (secondary N) is 1. The normalized spacial score (nSPS) is 14.0. The third-order valence-corrected chi connectivity index (χ3v) is 6.47. The molecule has 0 aliphatic carbocycles. The van der Waals surface area contributed by atoms with Crippen molar-refractivity contribution in [3.8, 4) is 11.3 Å². The van der Waals surface area contributed by atoms with Gasteiger partial charge >= 0.3 is 0 Å². The van der Waals surface area contributed by atoms with Gasteiger partial charge in [0.05, 0.1) is 25.1 Å². The van der Waals surface area contributed by atoms with E-state index >= 15 is 0 Å². The third-order valence-electron chi connectivity index (χ3n) is 6.47. The van der Waals surface area contributed by atoms with Crippen molar-refractivity contribution in [1.82, 2.24) is 14.6 Å². The van der Waals surface area contributed by atoms with Crippen LogP contribution in [-0.4, -0.2) is 60.2 Å². The quantitative estimate of drug-likeness (QED) is 0.286. The maximum Gasteiger partial charge on any atom is 0.160 e. The van der Waals surface area contributed by atoms with E-state index in [4.69, 9.17) is 14.8 Å². The van der Waals surface area contributed by atoms with Crippen LogP contribution in [0.15, 0.2) is 65.8 Å². The number of benzene rings is 2. The lowest BCUT2D eigenvalue weighted by Crippen LogP contribution is -2.37. The monoisotopic (exact) mass is 483 g/mol. The Labute approximate surface area is 212 Å². The molecule has 8 nitrogen and oxygen atoms in total. The number of hydrazone groups is 1. The first-order valence-corrected chi connectivity index (χ1v) is 12.6. The fraction of sp³-hybridized carbons (Fsp3) is 0.321. The number of fused-ring (bicyclic) bond motifs is 1. The first-order chi connectivity index (χ1) is 17.6. The molecular weight excluding hydrogens is 450 g/mol. The predicted octanol–water partition coefficient (Wildman–Crippen LogP) is 4.83. The smallest absolute Gasteiger partial charge is 0.160 e. The summed E-state index contributed by atoms with van der Waals surface area (Å²) in [4.78, 5) is 9.43. The van der Waals surface area contributed by atoms with Gasteiger partial charge in [0.1, 0.15) is 5.82 Å². The van der Waals surface area contributed by atoms with Gasteiger partial charge in [-0.2, -0.15) is 14.7 Å². The summed E-state index contributed by atoms with van der Waals surface area (Å²) in [5.74, 6) is 1.65. The fourth-order valence-electron chi connectivity index (χ4n) is 4.53. The van der Waals surface area contributed by atoms with E-state index in [1.807, 2.05) is 35.0 Å². The van der Waals surface area contributed by atoms with Gasteiger partial charge in [-0.25, -0.2) is 4.98 Å². The van der Waals surface area contributed by atoms with E-state index in [2.05, 4.69) is 77.5 Å². The summed E-state index contributed by atoms with van der Waals surface area (Å²) >= 11 is 0. The molecule has 3 heterocycles. The predicted molar refractivity (Wildman–Crippen MR) is 147 cm³/mol. The zero-order chi connectivity index (χ0) is 24.9. The largest absolute Gasteiger partial charge is 0.378 e. The van der Waals surface area contributed by atoms with Crippen LogP contribution in [-0.2, 0) is 4.74 Å². The van der Waals surface area contributed by atoms with Crippen LogP contribution in [0.1, 0.15) is 25.0 Å². The van der Waals surface area contributed by atoms with E-state index in [1.54, 1.807) is 0 Å². The first kappa shape index (κ1) is 23.8. The van der Waals surface area contributed by atoms with Gasteiger partial charge in [0, 0.05) is 49.6 Å². The van der Waals surface area contributed by atoms with Crippen LogP contribution in [0, 0.1) is 6.92 Å². The third kappa shape index (κ3) is 5.18. The summed E-state index contributed by atoms with van der Waals surface area (Å²) < 4.78 is 7.51. The number of hydrogen-bond acceptors (Lipinski definition) is 7. The molecule has 0 radical (unpaired) electrons. The van der Waals surface area contributed by atoms with Crippen LogP contribution in [0.25, 0.3) is 16.9 Å². The first-order valence-electron chi connectivity index (χ1n) is 12.6. The zero-order valence-electron chi connectivity index (χ0n) is 21.2. The minimum atomic E-state index is 0.677. The lowest BCUT2D eigenvalue weighted by atomic mass is 10.1. The lowest BCUT2D eigenvalue weighted by Gasteiger charge is -2.29. The number of nitrogens with zero attached hydrogens (tertiary/aromatic N) is 6. The van der Waals surface area contributed by atoms with Crippen molar-refractivity contribution < 1.29 is 4.74 Å². The van der Waals surface area contributed by atoms with E-state index in [1.165, 1.54) is 11.3 Å². The van der Waals surface area contributed by atoms with Gasteiger partial charge in [0.2, 0.25) is 0 Å². The average molecular weight is 484 g/mol. The molecule has 0 unspecified atom stereocenters. The molecule has 1 aliphatic heterocycles. The molecule has 2 aromatic heterocycles. The summed E-state index contributed by atoms with van der Waals surface area (Å²) in [6, 6.07) is 20.9. The molecule has 1 saturated heterocycles. The number of hydrogen-bond donors (Lipinski definition) is 1. The highest BCUT2D eigenvalue weighted by atomic mass is 16.5. The van der Waals surface area contributed by atoms with E-state index < -0.39 is 0 Å². The molecule has 2 aromatic carbocycles. The standard InChI is InChI=1S/C28H33N7O/c1-4-33(5-2)24-11-9-23(10-12-24)25-18-27-30-26(31-29-20-22-8-6-7-21(3)17-22)19-28(35(27)32-25)34-13-15-36-16-14-34/h6-12,17-20H,4-5,13-16H2,1-3H3,(H,30,31)/b29-20+. The Balaban J connectivity index is 1.47. The van der Waals surface area contributed by atoms with Crippen LogP contribution >= 0.6 is 0 Å². The van der Waals surface area contributed by atoms with Gasteiger partial charge < -0.3 is 14.5 Å². The molecule has 4 aromatic rings. The van der Waals surface area contributed by atoms with Crippen molar-refractivity contribution >= 4 is 29.2 Å². The van der Waals surface area contributed by atoms with E-state index in [0.717, 1.165) is 54.5 Å². The van der Waals surface area contributed by atoms with E-state index in [9.17, 15) is 0 Å². The molecule has 0 spiro atoms. The van der Waals surface area contributed by atoms with Crippen molar-refractivity contribution in [2.75, 3.05) is 54.6 Å². The van der Waals surface area contributed by atoms with Gasteiger partial charge in [-0.15, -0.1) is 0 Å². The Bertz CT molecular complexity index is 1340. The molecule has 0 amide bonds. The van der Waals surface area contributed by atoms with Gasteiger partial charge in [-0.1, -0.05) is 42.0 Å². The molecule has 0 atom stereocenters. The SMILES string of the molecule is CCN(CC)c1ccc(-c2cc3nc(N/N=C/c4cccc(C)c4)cc(N4CCOCC4)n3n2)cc1. The summed E-state index contributed by atoms with van der Waals surface area (Å²) in [6.45, 7) is 11.4. The van der Waals surface area contributed by atoms with E-state index in [0.29, 0.717) is 19.0 Å². The van der Waals surface area contributed by atoms with Gasteiger partial charge in [-0.05, 0) is 38.5 Å². The van der Waals surface area contributed by atoms with Gasteiger partial charge in [0.15, 0.2) is 11.5 Å². The van der Waals surface area contributed by atoms with Crippen molar-refractivity contribution in [3.63, 3.8) is 0 Å². The Morgan fingerprint density at radius 2 is 1.81 bits per heavy atom. The highest BCUT2D eigenvalue weighted by molar-refractivity contribution is 5.80. The van der Waals surface area contributed by atoms with Crippen LogP contribution in [0.2, 0.25) is 0 Å². The molecule has 0 bridgehead atoms. The summed E-state index contributed by atoms with van der Waals surface area (Å²) in [7, 11) is 0. The van der Waals surface area contributed by atoms with Crippen molar-refractivity contribution in [1.29, 1.82) is 0 Å². The number of rotatable bonds is 8. The molecule has 5 rings (SSSR count). The van der Waals surface area contributed by atoms with Crippen molar-refractivity contribution in [3.05, 3.63) is 71.8 Å². The van der Waals surface area contributed by atoms with Crippen LogP contribution in [0.5, 0.6) is 0 Å². The minimum absolute atomic E-state index is 0.677. The Kier molecular flexibility index (Phi) is 7.13. The fourth-order valence-corrected chi connectivity index (χ4v) is 4.53. The number of ether oxygens (including phenoxy) is 1.